The Morgan fingerprint density at radius 1 is 1.00 bits per heavy atom. The van der Waals surface area contributed by atoms with Crippen LogP contribution in [0.5, 0.6) is 11.5 Å². The topological polar surface area (TPSA) is 97.4 Å². The fourth-order valence-corrected chi connectivity index (χ4v) is 4.68. The Hall–Kier alpha value is -2.82. The van der Waals surface area contributed by atoms with Crippen LogP contribution >= 0.6 is 0 Å². The van der Waals surface area contributed by atoms with Crippen LogP contribution in [0, 0.1) is 0 Å². The number of carbonyl (C=O) groups is 1. The van der Waals surface area contributed by atoms with Crippen molar-refractivity contribution in [1.82, 2.24) is 10.2 Å². The van der Waals surface area contributed by atoms with E-state index in [0.717, 1.165) is 54.5 Å². The highest BCUT2D eigenvalue weighted by molar-refractivity contribution is 7.92. The first-order chi connectivity index (χ1) is 15.9. The van der Waals surface area contributed by atoms with Crippen molar-refractivity contribution in [2.75, 3.05) is 56.6 Å². The van der Waals surface area contributed by atoms with E-state index in [4.69, 9.17) is 14.2 Å². The van der Waals surface area contributed by atoms with Crippen LogP contribution in [0.25, 0.3) is 0 Å². The third-order valence-electron chi connectivity index (χ3n) is 5.49. The summed E-state index contributed by atoms with van der Waals surface area (Å²) in [5, 5.41) is 2.83. The van der Waals surface area contributed by atoms with Crippen molar-refractivity contribution in [3.05, 3.63) is 53.6 Å². The summed E-state index contributed by atoms with van der Waals surface area (Å²) in [6, 6.07) is 12.9. The van der Waals surface area contributed by atoms with Crippen LogP contribution < -0.4 is 19.1 Å². The molecule has 4 rings (SSSR count). The molecule has 0 saturated carbocycles. The number of sulfonamides is 1. The van der Waals surface area contributed by atoms with Gasteiger partial charge in [0.15, 0.2) is 11.5 Å². The summed E-state index contributed by atoms with van der Waals surface area (Å²) in [5.41, 5.74) is 2.47. The second-order valence-electron chi connectivity index (χ2n) is 8.08. The molecule has 0 spiro atoms. The minimum absolute atomic E-state index is 0.314. The second kappa shape index (κ2) is 10.4. The van der Waals surface area contributed by atoms with Crippen molar-refractivity contribution in [3.63, 3.8) is 0 Å². The molecule has 1 amide bonds. The Labute approximate surface area is 194 Å². The van der Waals surface area contributed by atoms with E-state index in [1.54, 1.807) is 18.2 Å². The first-order valence-corrected chi connectivity index (χ1v) is 12.8. The molecule has 1 saturated heterocycles. The molecule has 10 heteroatoms. The number of rotatable bonds is 8. The SMILES string of the molecule is CS(=O)(=O)N(CC(=O)NCc1cccc(CN2CCOCC2)c1)c1ccc2c(c1)OCCO2. The normalized spacial score (nSPS) is 16.3. The number of amides is 1. The summed E-state index contributed by atoms with van der Waals surface area (Å²) in [6.07, 6.45) is 1.08. The van der Waals surface area contributed by atoms with E-state index in [-0.39, 0.29) is 6.54 Å². The Kier molecular flexibility index (Phi) is 7.36. The molecule has 2 aliphatic rings. The highest BCUT2D eigenvalue weighted by Gasteiger charge is 2.23. The van der Waals surface area contributed by atoms with Crippen molar-refractivity contribution in [2.24, 2.45) is 0 Å². The maximum atomic E-state index is 12.6. The largest absolute Gasteiger partial charge is 0.486 e. The van der Waals surface area contributed by atoms with Gasteiger partial charge in [-0.1, -0.05) is 24.3 Å². The minimum atomic E-state index is -3.69. The van der Waals surface area contributed by atoms with Gasteiger partial charge in [0.25, 0.3) is 0 Å². The van der Waals surface area contributed by atoms with E-state index in [1.807, 2.05) is 12.1 Å². The molecule has 0 aliphatic carbocycles. The zero-order valence-electron chi connectivity index (χ0n) is 18.7. The number of fused-ring (bicyclic) bond motifs is 1. The van der Waals surface area contributed by atoms with Gasteiger partial charge in [-0.2, -0.15) is 0 Å². The standard InChI is InChI=1S/C23H29N3O6S/c1-33(28,29)26(20-5-6-21-22(14-20)32-12-11-31-21)17-23(27)24-15-18-3-2-4-19(13-18)16-25-7-9-30-10-8-25/h2-6,13-14H,7-12,15-17H2,1H3,(H,24,27). The van der Waals surface area contributed by atoms with Gasteiger partial charge in [-0.25, -0.2) is 8.42 Å². The van der Waals surface area contributed by atoms with Crippen LogP contribution in [0.3, 0.4) is 0 Å². The van der Waals surface area contributed by atoms with E-state index in [0.29, 0.717) is 36.9 Å². The number of carbonyl (C=O) groups excluding carboxylic acids is 1. The van der Waals surface area contributed by atoms with Gasteiger partial charge in [0.1, 0.15) is 19.8 Å². The van der Waals surface area contributed by atoms with Gasteiger partial charge in [0.2, 0.25) is 15.9 Å². The summed E-state index contributed by atoms with van der Waals surface area (Å²) in [6.45, 7) is 4.95. The second-order valence-corrected chi connectivity index (χ2v) is 9.99. The number of nitrogens with zero attached hydrogens (tertiary/aromatic N) is 2. The van der Waals surface area contributed by atoms with Gasteiger partial charge in [-0.3, -0.25) is 14.0 Å². The van der Waals surface area contributed by atoms with E-state index >= 15 is 0 Å². The van der Waals surface area contributed by atoms with Crippen LogP contribution in [-0.2, 0) is 32.6 Å². The lowest BCUT2D eigenvalue weighted by Gasteiger charge is -2.26. The lowest BCUT2D eigenvalue weighted by atomic mass is 10.1. The predicted octanol–water partition coefficient (Wildman–Crippen LogP) is 1.37. The molecule has 0 radical (unpaired) electrons. The Bertz CT molecular complexity index is 1090. The third-order valence-corrected chi connectivity index (χ3v) is 6.63. The predicted molar refractivity (Wildman–Crippen MR) is 124 cm³/mol. The number of benzene rings is 2. The monoisotopic (exact) mass is 475 g/mol. The van der Waals surface area contributed by atoms with Gasteiger partial charge in [-0.05, 0) is 23.3 Å². The van der Waals surface area contributed by atoms with Crippen molar-refractivity contribution >= 4 is 21.6 Å². The molecule has 1 N–H and O–H groups in total. The van der Waals surface area contributed by atoms with E-state index in [2.05, 4.69) is 22.3 Å². The number of nitrogens with one attached hydrogen (secondary N) is 1. The first kappa shape index (κ1) is 23.3. The van der Waals surface area contributed by atoms with Crippen LogP contribution in [-0.4, -0.2) is 71.5 Å². The fourth-order valence-electron chi connectivity index (χ4n) is 3.83. The average molecular weight is 476 g/mol. The zero-order valence-corrected chi connectivity index (χ0v) is 19.5. The number of anilines is 1. The smallest absolute Gasteiger partial charge is 0.241 e. The molecule has 0 unspecified atom stereocenters. The molecular weight excluding hydrogens is 446 g/mol. The van der Waals surface area contributed by atoms with Crippen molar-refractivity contribution in [3.8, 4) is 11.5 Å². The molecule has 33 heavy (non-hydrogen) atoms. The number of ether oxygens (including phenoxy) is 3. The third kappa shape index (κ3) is 6.37. The molecule has 178 valence electrons. The average Bonchev–Trinajstić information content (AvgIpc) is 2.81. The summed E-state index contributed by atoms with van der Waals surface area (Å²) in [4.78, 5) is 15.0. The Morgan fingerprint density at radius 2 is 1.73 bits per heavy atom. The lowest BCUT2D eigenvalue weighted by molar-refractivity contribution is -0.119. The maximum absolute atomic E-state index is 12.6. The summed E-state index contributed by atoms with van der Waals surface area (Å²) >= 11 is 0. The molecule has 0 aromatic heterocycles. The lowest BCUT2D eigenvalue weighted by Crippen LogP contribution is -2.40. The van der Waals surface area contributed by atoms with Crippen molar-refractivity contribution < 1.29 is 27.4 Å². The van der Waals surface area contributed by atoms with Gasteiger partial charge >= 0.3 is 0 Å². The molecule has 2 aliphatic heterocycles. The molecule has 0 bridgehead atoms. The van der Waals surface area contributed by atoms with E-state index in [1.165, 1.54) is 0 Å². The number of hydrogen-bond acceptors (Lipinski definition) is 7. The molecule has 2 aromatic carbocycles. The van der Waals surface area contributed by atoms with E-state index < -0.39 is 15.9 Å². The summed E-state index contributed by atoms with van der Waals surface area (Å²) in [7, 11) is -3.69. The van der Waals surface area contributed by atoms with E-state index in [9.17, 15) is 13.2 Å². The van der Waals surface area contributed by atoms with Crippen molar-refractivity contribution in [2.45, 2.75) is 13.1 Å². The Morgan fingerprint density at radius 3 is 2.48 bits per heavy atom. The molecule has 2 aromatic rings. The van der Waals surface area contributed by atoms with Gasteiger partial charge < -0.3 is 19.5 Å². The highest BCUT2D eigenvalue weighted by Crippen LogP contribution is 2.34. The number of morpholine rings is 1. The molecule has 0 atom stereocenters. The van der Waals surface area contributed by atoms with Gasteiger partial charge in [0.05, 0.1) is 25.2 Å². The highest BCUT2D eigenvalue weighted by atomic mass is 32.2. The molecular formula is C23H29N3O6S. The maximum Gasteiger partial charge on any atom is 0.241 e. The van der Waals surface area contributed by atoms with Gasteiger partial charge in [0, 0.05) is 32.2 Å². The minimum Gasteiger partial charge on any atom is -0.486 e. The zero-order chi connectivity index (χ0) is 23.3. The van der Waals surface area contributed by atoms with Crippen LogP contribution in [0.15, 0.2) is 42.5 Å². The van der Waals surface area contributed by atoms with Crippen LogP contribution in [0.4, 0.5) is 5.69 Å². The first-order valence-electron chi connectivity index (χ1n) is 10.9. The molecule has 9 nitrogen and oxygen atoms in total. The summed E-state index contributed by atoms with van der Waals surface area (Å²) in [5.74, 6) is 0.624. The molecule has 2 heterocycles. The quantitative estimate of drug-likeness (QED) is 0.616. The molecule has 1 fully saturated rings. The Balaban J connectivity index is 1.38. The number of hydrogen-bond donors (Lipinski definition) is 1. The summed E-state index contributed by atoms with van der Waals surface area (Å²) < 4.78 is 42.3. The van der Waals surface area contributed by atoms with Gasteiger partial charge in [-0.15, -0.1) is 0 Å². The fraction of sp³-hybridized carbons (Fsp3) is 0.435. The van der Waals surface area contributed by atoms with Crippen LogP contribution in [0.1, 0.15) is 11.1 Å². The van der Waals surface area contributed by atoms with Crippen molar-refractivity contribution in [1.29, 1.82) is 0 Å². The van der Waals surface area contributed by atoms with Crippen LogP contribution in [0.2, 0.25) is 0 Å².